The highest BCUT2D eigenvalue weighted by Crippen LogP contribution is 2.27. The number of benzene rings is 1. The van der Waals surface area contributed by atoms with Gasteiger partial charge in [0.15, 0.2) is 5.58 Å². The van der Waals surface area contributed by atoms with Crippen molar-refractivity contribution in [2.75, 3.05) is 5.73 Å². The third-order valence-corrected chi connectivity index (χ3v) is 3.79. The number of nitrogens with two attached hydrogens (primary N) is 1. The number of aromatic nitrogens is 1. The molecular formula is C15H20N2O2. The minimum atomic E-state index is 0.351. The van der Waals surface area contributed by atoms with Crippen molar-refractivity contribution in [2.45, 2.75) is 45.3 Å². The van der Waals surface area contributed by atoms with Gasteiger partial charge in [0.05, 0.1) is 6.10 Å². The number of anilines is 1. The van der Waals surface area contributed by atoms with Gasteiger partial charge in [-0.05, 0) is 30.9 Å². The lowest BCUT2D eigenvalue weighted by Crippen LogP contribution is -2.21. The van der Waals surface area contributed by atoms with E-state index in [-0.39, 0.29) is 0 Å². The largest absolute Gasteiger partial charge is 0.438 e. The molecule has 1 aromatic heterocycles. The quantitative estimate of drug-likeness (QED) is 0.858. The zero-order valence-electron chi connectivity index (χ0n) is 11.3. The van der Waals surface area contributed by atoms with Gasteiger partial charge in [-0.1, -0.05) is 19.8 Å². The van der Waals surface area contributed by atoms with E-state index in [4.69, 9.17) is 14.9 Å². The predicted molar refractivity (Wildman–Crippen MR) is 74.6 cm³/mol. The first-order valence-electron chi connectivity index (χ1n) is 6.97. The lowest BCUT2D eigenvalue weighted by atomic mass is 9.89. The van der Waals surface area contributed by atoms with Crippen LogP contribution in [0.1, 0.15) is 38.5 Å². The molecule has 2 unspecified atom stereocenters. The average molecular weight is 260 g/mol. The van der Waals surface area contributed by atoms with Crippen LogP contribution in [0.4, 0.5) is 5.69 Å². The molecule has 1 fully saturated rings. The van der Waals surface area contributed by atoms with Crippen molar-refractivity contribution in [3.63, 3.8) is 0 Å². The monoisotopic (exact) mass is 260 g/mol. The van der Waals surface area contributed by atoms with Gasteiger partial charge in [-0.25, -0.2) is 4.98 Å². The van der Waals surface area contributed by atoms with Crippen LogP contribution in [0.15, 0.2) is 22.6 Å². The van der Waals surface area contributed by atoms with Crippen LogP contribution in [-0.2, 0) is 11.3 Å². The van der Waals surface area contributed by atoms with Crippen LogP contribution in [0.25, 0.3) is 11.1 Å². The summed E-state index contributed by atoms with van der Waals surface area (Å²) in [7, 11) is 0. The van der Waals surface area contributed by atoms with Gasteiger partial charge in [0, 0.05) is 11.8 Å². The molecule has 2 atom stereocenters. The summed E-state index contributed by atoms with van der Waals surface area (Å²) in [4.78, 5) is 4.41. The Bertz CT molecular complexity index is 564. The molecule has 0 aliphatic heterocycles. The summed E-state index contributed by atoms with van der Waals surface area (Å²) in [5, 5.41) is 0. The molecular weight excluding hydrogens is 240 g/mol. The number of hydrogen-bond acceptors (Lipinski definition) is 4. The minimum absolute atomic E-state index is 0.351. The molecule has 0 bridgehead atoms. The number of hydrogen-bond donors (Lipinski definition) is 1. The fourth-order valence-corrected chi connectivity index (χ4v) is 2.77. The molecule has 0 spiro atoms. The van der Waals surface area contributed by atoms with Crippen molar-refractivity contribution in [2.24, 2.45) is 5.92 Å². The van der Waals surface area contributed by atoms with Gasteiger partial charge in [-0.3, -0.25) is 0 Å². The third kappa shape index (κ3) is 2.89. The van der Waals surface area contributed by atoms with Crippen LogP contribution in [0, 0.1) is 5.92 Å². The van der Waals surface area contributed by atoms with Gasteiger partial charge in [-0.15, -0.1) is 0 Å². The molecule has 2 N–H and O–H groups in total. The van der Waals surface area contributed by atoms with E-state index in [1.807, 2.05) is 12.1 Å². The highest BCUT2D eigenvalue weighted by molar-refractivity contribution is 5.76. The summed E-state index contributed by atoms with van der Waals surface area (Å²) in [6.07, 6.45) is 5.23. The highest BCUT2D eigenvalue weighted by atomic mass is 16.5. The highest BCUT2D eigenvalue weighted by Gasteiger charge is 2.20. The molecule has 1 heterocycles. The summed E-state index contributed by atoms with van der Waals surface area (Å²) in [5.41, 5.74) is 7.98. The zero-order chi connectivity index (χ0) is 13.2. The Morgan fingerprint density at radius 2 is 2.32 bits per heavy atom. The smallest absolute Gasteiger partial charge is 0.221 e. The Morgan fingerprint density at radius 3 is 3.16 bits per heavy atom. The van der Waals surface area contributed by atoms with Crippen molar-refractivity contribution < 1.29 is 9.15 Å². The second-order valence-corrected chi connectivity index (χ2v) is 5.54. The van der Waals surface area contributed by atoms with E-state index in [1.54, 1.807) is 6.07 Å². The predicted octanol–water partition coefficient (Wildman–Crippen LogP) is 3.51. The fourth-order valence-electron chi connectivity index (χ4n) is 2.77. The second kappa shape index (κ2) is 5.21. The summed E-state index contributed by atoms with van der Waals surface area (Å²) in [6.45, 7) is 2.74. The molecule has 0 radical (unpaired) electrons. The minimum Gasteiger partial charge on any atom is -0.438 e. The standard InChI is InChI=1S/C15H20N2O2/c1-10-3-2-4-12(7-10)18-9-15-17-13-6-5-11(16)8-14(13)19-15/h5-6,8,10,12H,2-4,7,9,16H2,1H3. The van der Waals surface area contributed by atoms with E-state index in [9.17, 15) is 0 Å². The molecule has 1 aliphatic rings. The van der Waals surface area contributed by atoms with E-state index in [1.165, 1.54) is 12.8 Å². The van der Waals surface area contributed by atoms with Crippen LogP contribution in [0.2, 0.25) is 0 Å². The molecule has 1 aromatic carbocycles. The normalized spacial score (nSPS) is 23.8. The van der Waals surface area contributed by atoms with Gasteiger partial charge < -0.3 is 14.9 Å². The van der Waals surface area contributed by atoms with Crippen molar-refractivity contribution in [1.29, 1.82) is 0 Å². The first kappa shape index (κ1) is 12.5. The topological polar surface area (TPSA) is 61.3 Å². The Morgan fingerprint density at radius 1 is 1.42 bits per heavy atom. The third-order valence-electron chi connectivity index (χ3n) is 3.79. The number of oxazole rings is 1. The molecule has 0 amide bonds. The van der Waals surface area contributed by atoms with Crippen LogP contribution in [0.5, 0.6) is 0 Å². The Hall–Kier alpha value is -1.55. The first-order valence-corrected chi connectivity index (χ1v) is 6.97. The SMILES string of the molecule is CC1CCCC(OCc2nc3ccc(N)cc3o2)C1. The van der Waals surface area contributed by atoms with Crippen LogP contribution < -0.4 is 5.73 Å². The van der Waals surface area contributed by atoms with E-state index in [0.29, 0.717) is 24.3 Å². The number of rotatable bonds is 3. The molecule has 2 aromatic rings. The second-order valence-electron chi connectivity index (χ2n) is 5.54. The van der Waals surface area contributed by atoms with E-state index in [0.717, 1.165) is 29.9 Å². The van der Waals surface area contributed by atoms with Gasteiger partial charge in [-0.2, -0.15) is 0 Å². The number of nitrogens with zero attached hydrogens (tertiary/aromatic N) is 1. The lowest BCUT2D eigenvalue weighted by molar-refractivity contribution is -0.00403. The summed E-state index contributed by atoms with van der Waals surface area (Å²) >= 11 is 0. The van der Waals surface area contributed by atoms with Crippen molar-refractivity contribution in [3.8, 4) is 0 Å². The average Bonchev–Trinajstić information content (AvgIpc) is 2.78. The van der Waals surface area contributed by atoms with E-state index < -0.39 is 0 Å². The molecule has 4 nitrogen and oxygen atoms in total. The molecule has 1 saturated carbocycles. The molecule has 102 valence electrons. The molecule has 19 heavy (non-hydrogen) atoms. The Labute approximate surface area is 112 Å². The molecule has 3 rings (SSSR count). The molecule has 0 saturated heterocycles. The van der Waals surface area contributed by atoms with Gasteiger partial charge in [0.2, 0.25) is 5.89 Å². The number of fused-ring (bicyclic) bond motifs is 1. The lowest BCUT2D eigenvalue weighted by Gasteiger charge is -2.26. The Balaban J connectivity index is 1.65. The summed E-state index contributed by atoms with van der Waals surface area (Å²) in [6, 6.07) is 5.51. The summed E-state index contributed by atoms with van der Waals surface area (Å²) < 4.78 is 11.6. The van der Waals surface area contributed by atoms with Gasteiger partial charge in [0.1, 0.15) is 12.1 Å². The molecule has 4 heteroatoms. The molecule has 1 aliphatic carbocycles. The summed E-state index contributed by atoms with van der Waals surface area (Å²) in [5.74, 6) is 1.40. The number of nitrogen functional groups attached to an aromatic ring is 1. The number of ether oxygens (including phenoxy) is 1. The van der Waals surface area contributed by atoms with Crippen LogP contribution in [-0.4, -0.2) is 11.1 Å². The maximum atomic E-state index is 5.91. The van der Waals surface area contributed by atoms with Crippen LogP contribution >= 0.6 is 0 Å². The van der Waals surface area contributed by atoms with Crippen molar-refractivity contribution >= 4 is 16.8 Å². The van der Waals surface area contributed by atoms with E-state index >= 15 is 0 Å². The maximum absolute atomic E-state index is 5.91. The maximum Gasteiger partial charge on any atom is 0.221 e. The first-order chi connectivity index (χ1) is 9.20. The Kier molecular flexibility index (Phi) is 3.42. The van der Waals surface area contributed by atoms with E-state index in [2.05, 4.69) is 11.9 Å². The van der Waals surface area contributed by atoms with Crippen LogP contribution in [0.3, 0.4) is 0 Å². The van der Waals surface area contributed by atoms with Gasteiger partial charge in [0.25, 0.3) is 0 Å². The zero-order valence-corrected chi connectivity index (χ0v) is 11.3. The van der Waals surface area contributed by atoms with Crippen molar-refractivity contribution in [3.05, 3.63) is 24.1 Å². The fraction of sp³-hybridized carbons (Fsp3) is 0.533. The van der Waals surface area contributed by atoms with Crippen molar-refractivity contribution in [1.82, 2.24) is 4.98 Å². The van der Waals surface area contributed by atoms with Gasteiger partial charge >= 0.3 is 0 Å².